The predicted octanol–water partition coefficient (Wildman–Crippen LogP) is 2.73. The Morgan fingerprint density at radius 1 is 0.963 bits per heavy atom. The first kappa shape index (κ1) is 18.4. The summed E-state index contributed by atoms with van der Waals surface area (Å²) in [5, 5.41) is 9.34. The summed E-state index contributed by atoms with van der Waals surface area (Å²) in [5.74, 6) is -2.98. The molecular formula is C19H16O8. The molecule has 1 N–H and O–H groups in total. The molecule has 0 unspecified atom stereocenters. The molecule has 1 aromatic carbocycles. The van der Waals surface area contributed by atoms with Gasteiger partial charge >= 0.3 is 11.9 Å². The number of aromatic carboxylic acids is 1. The SMILES string of the molecule is CCCc1c2oc(C(=O)O)cc(=O)c2cc2c(=O)cc(C(=O)OCC)oc12. The van der Waals surface area contributed by atoms with Gasteiger partial charge in [-0.2, -0.15) is 0 Å². The van der Waals surface area contributed by atoms with Crippen LogP contribution in [-0.2, 0) is 11.2 Å². The van der Waals surface area contributed by atoms with Crippen LogP contribution < -0.4 is 10.9 Å². The van der Waals surface area contributed by atoms with Crippen LogP contribution in [0.15, 0.2) is 36.6 Å². The standard InChI is InChI=1S/C19H16O8/c1-3-5-9-16-10(12(20)7-14(26-16)18(22)23)6-11-13(21)8-15(27-17(9)11)19(24)25-4-2/h6-8H,3-5H2,1-2H3,(H,22,23). The minimum absolute atomic E-state index is 0.0263. The van der Waals surface area contributed by atoms with Gasteiger partial charge in [0.15, 0.2) is 10.9 Å². The van der Waals surface area contributed by atoms with E-state index in [0.29, 0.717) is 18.4 Å². The highest BCUT2D eigenvalue weighted by Gasteiger charge is 2.21. The van der Waals surface area contributed by atoms with Crippen LogP contribution in [0.25, 0.3) is 21.9 Å². The van der Waals surface area contributed by atoms with Gasteiger partial charge in [0, 0.05) is 17.7 Å². The molecule has 2 heterocycles. The van der Waals surface area contributed by atoms with Crippen LogP contribution in [0.4, 0.5) is 0 Å². The van der Waals surface area contributed by atoms with E-state index in [4.69, 9.17) is 18.7 Å². The summed E-state index contributed by atoms with van der Waals surface area (Å²) in [7, 11) is 0. The van der Waals surface area contributed by atoms with Crippen molar-refractivity contribution in [3.8, 4) is 0 Å². The van der Waals surface area contributed by atoms with Crippen molar-refractivity contribution in [1.29, 1.82) is 0 Å². The van der Waals surface area contributed by atoms with E-state index in [1.54, 1.807) is 6.92 Å². The van der Waals surface area contributed by atoms with Crippen molar-refractivity contribution < 1.29 is 28.3 Å². The maximum atomic E-state index is 12.5. The van der Waals surface area contributed by atoms with Crippen molar-refractivity contribution >= 4 is 33.9 Å². The van der Waals surface area contributed by atoms with E-state index in [2.05, 4.69) is 0 Å². The van der Waals surface area contributed by atoms with Crippen LogP contribution in [-0.4, -0.2) is 23.7 Å². The molecule has 3 aromatic rings. The summed E-state index contributed by atoms with van der Waals surface area (Å²) in [6.07, 6.45) is 0.942. The number of carbonyl (C=O) groups excluding carboxylic acids is 1. The third-order valence-corrected chi connectivity index (χ3v) is 3.99. The van der Waals surface area contributed by atoms with E-state index in [-0.39, 0.29) is 34.3 Å². The Balaban J connectivity index is 2.47. The number of hydrogen-bond donors (Lipinski definition) is 1. The Bertz CT molecular complexity index is 1180. The third kappa shape index (κ3) is 3.21. The van der Waals surface area contributed by atoms with Gasteiger partial charge in [-0.25, -0.2) is 9.59 Å². The fraction of sp³-hybridized carbons (Fsp3) is 0.263. The summed E-state index contributed by atoms with van der Waals surface area (Å²) in [4.78, 5) is 48.0. The Morgan fingerprint density at radius 3 is 2.04 bits per heavy atom. The largest absolute Gasteiger partial charge is 0.475 e. The topological polar surface area (TPSA) is 124 Å². The molecule has 3 rings (SSSR count). The molecule has 0 fully saturated rings. The first-order chi connectivity index (χ1) is 12.9. The third-order valence-electron chi connectivity index (χ3n) is 3.99. The molecule has 0 amide bonds. The van der Waals surface area contributed by atoms with Crippen LogP contribution in [0.2, 0.25) is 0 Å². The highest BCUT2D eigenvalue weighted by molar-refractivity contribution is 5.99. The van der Waals surface area contributed by atoms with Gasteiger partial charge in [0.1, 0.15) is 11.2 Å². The van der Waals surface area contributed by atoms with Crippen molar-refractivity contribution in [3.63, 3.8) is 0 Å². The zero-order valence-electron chi connectivity index (χ0n) is 14.7. The number of carbonyl (C=O) groups is 2. The molecule has 0 bridgehead atoms. The van der Waals surface area contributed by atoms with Gasteiger partial charge in [-0.1, -0.05) is 13.3 Å². The molecule has 0 saturated carbocycles. The molecule has 0 aliphatic carbocycles. The zero-order chi connectivity index (χ0) is 19.7. The fourth-order valence-corrected chi connectivity index (χ4v) is 2.86. The second-order valence-electron chi connectivity index (χ2n) is 5.83. The Morgan fingerprint density at radius 2 is 1.52 bits per heavy atom. The van der Waals surface area contributed by atoms with Crippen LogP contribution in [0.5, 0.6) is 0 Å². The van der Waals surface area contributed by atoms with E-state index in [1.165, 1.54) is 6.07 Å². The number of benzene rings is 1. The summed E-state index contributed by atoms with van der Waals surface area (Å²) in [6.45, 7) is 3.59. The Hall–Kier alpha value is -3.42. The molecule has 8 nitrogen and oxygen atoms in total. The predicted molar refractivity (Wildman–Crippen MR) is 95.4 cm³/mol. The molecule has 0 saturated heterocycles. The molecule has 27 heavy (non-hydrogen) atoms. The van der Waals surface area contributed by atoms with Crippen LogP contribution in [0.3, 0.4) is 0 Å². The van der Waals surface area contributed by atoms with Crippen LogP contribution >= 0.6 is 0 Å². The lowest BCUT2D eigenvalue weighted by atomic mass is 10.0. The number of esters is 1. The summed E-state index contributed by atoms with van der Waals surface area (Å²) < 4.78 is 15.9. The van der Waals surface area contributed by atoms with Gasteiger partial charge in [0.2, 0.25) is 11.5 Å². The number of hydrogen-bond acceptors (Lipinski definition) is 7. The van der Waals surface area contributed by atoms with Crippen LogP contribution in [0.1, 0.15) is 46.9 Å². The highest BCUT2D eigenvalue weighted by Crippen LogP contribution is 2.28. The van der Waals surface area contributed by atoms with Gasteiger partial charge in [-0.15, -0.1) is 0 Å². The molecule has 0 aliphatic rings. The van der Waals surface area contributed by atoms with Gasteiger partial charge in [0.05, 0.1) is 17.4 Å². The van der Waals surface area contributed by atoms with E-state index in [0.717, 1.165) is 12.1 Å². The lowest BCUT2D eigenvalue weighted by Crippen LogP contribution is -2.13. The van der Waals surface area contributed by atoms with Gasteiger partial charge < -0.3 is 18.7 Å². The molecule has 0 aliphatic heterocycles. The fourth-order valence-electron chi connectivity index (χ4n) is 2.86. The van der Waals surface area contributed by atoms with E-state index >= 15 is 0 Å². The minimum Gasteiger partial charge on any atom is -0.475 e. The maximum absolute atomic E-state index is 12.5. The number of ether oxygens (including phenoxy) is 1. The quantitative estimate of drug-likeness (QED) is 0.535. The van der Waals surface area contributed by atoms with Crippen molar-refractivity contribution in [3.05, 3.63) is 55.7 Å². The molecule has 2 aromatic heterocycles. The normalized spacial score (nSPS) is 11.0. The van der Waals surface area contributed by atoms with E-state index in [9.17, 15) is 19.2 Å². The Kier molecular flexibility index (Phi) is 4.81. The summed E-state index contributed by atoms with van der Waals surface area (Å²) in [6, 6.07) is 3.16. The minimum atomic E-state index is -1.39. The molecular weight excluding hydrogens is 356 g/mol. The zero-order valence-corrected chi connectivity index (χ0v) is 14.7. The maximum Gasteiger partial charge on any atom is 0.374 e. The van der Waals surface area contributed by atoms with Gasteiger partial charge in [0.25, 0.3) is 0 Å². The van der Waals surface area contributed by atoms with Crippen molar-refractivity contribution in [2.24, 2.45) is 0 Å². The van der Waals surface area contributed by atoms with E-state index < -0.39 is 28.6 Å². The first-order valence-electron chi connectivity index (χ1n) is 8.35. The average Bonchev–Trinajstić information content (AvgIpc) is 2.62. The second-order valence-corrected chi connectivity index (χ2v) is 5.83. The molecule has 8 heteroatoms. The summed E-state index contributed by atoms with van der Waals surface area (Å²) in [5.41, 5.74) is -0.639. The number of aryl methyl sites for hydroxylation is 1. The Labute approximate surface area is 152 Å². The molecule has 0 spiro atoms. The van der Waals surface area contributed by atoms with Crippen LogP contribution in [0, 0.1) is 0 Å². The molecule has 140 valence electrons. The van der Waals surface area contributed by atoms with Crippen molar-refractivity contribution in [2.75, 3.05) is 6.61 Å². The molecule has 0 atom stereocenters. The monoisotopic (exact) mass is 372 g/mol. The summed E-state index contributed by atoms with van der Waals surface area (Å²) >= 11 is 0. The first-order valence-corrected chi connectivity index (χ1v) is 8.35. The van der Waals surface area contributed by atoms with Crippen molar-refractivity contribution in [2.45, 2.75) is 26.7 Å². The van der Waals surface area contributed by atoms with E-state index in [1.807, 2.05) is 6.92 Å². The number of carboxylic acids is 1. The number of fused-ring (bicyclic) bond motifs is 2. The number of carboxylic acid groups (broad SMARTS) is 1. The highest BCUT2D eigenvalue weighted by atomic mass is 16.5. The number of rotatable bonds is 5. The van der Waals surface area contributed by atoms with Crippen molar-refractivity contribution in [1.82, 2.24) is 0 Å². The van der Waals surface area contributed by atoms with Gasteiger partial charge in [-0.3, -0.25) is 9.59 Å². The molecule has 0 radical (unpaired) electrons. The van der Waals surface area contributed by atoms with Gasteiger partial charge in [-0.05, 0) is 19.4 Å². The second kappa shape index (κ2) is 7.06. The lowest BCUT2D eigenvalue weighted by molar-refractivity contribution is 0.0490. The average molecular weight is 372 g/mol. The lowest BCUT2D eigenvalue weighted by Gasteiger charge is -2.10. The smallest absolute Gasteiger partial charge is 0.374 e.